The van der Waals surface area contributed by atoms with Crippen LogP contribution in [-0.2, 0) is 0 Å². The van der Waals surface area contributed by atoms with E-state index in [9.17, 15) is 0 Å². The van der Waals surface area contributed by atoms with Crippen molar-refractivity contribution in [1.29, 1.82) is 0 Å². The van der Waals surface area contributed by atoms with Crippen molar-refractivity contribution in [3.05, 3.63) is 22.4 Å². The molecule has 2 N–H and O–H groups in total. The minimum Gasteiger partial charge on any atom is -0.356 e. The van der Waals surface area contributed by atoms with Crippen LogP contribution >= 0.6 is 35.3 Å². The second-order valence-corrected chi connectivity index (χ2v) is 7.47. The molecule has 2 heterocycles. The first-order valence-electron chi connectivity index (χ1n) is 9.06. The van der Waals surface area contributed by atoms with Crippen LogP contribution < -0.4 is 10.6 Å². The van der Waals surface area contributed by atoms with Gasteiger partial charge in [0.2, 0.25) is 0 Å². The van der Waals surface area contributed by atoms with Crippen molar-refractivity contribution >= 4 is 41.3 Å². The smallest absolute Gasteiger partial charge is 0.190 e. The maximum absolute atomic E-state index is 4.32. The molecule has 0 amide bonds. The number of unbranched alkanes of at least 4 members (excludes halogenated alkanes) is 1. The van der Waals surface area contributed by atoms with Gasteiger partial charge in [-0.15, -0.1) is 24.0 Å². The molecule has 2 rings (SSSR count). The van der Waals surface area contributed by atoms with E-state index < -0.39 is 0 Å². The number of rotatable bonds is 8. The third-order valence-corrected chi connectivity index (χ3v) is 5.40. The molecule has 5 nitrogen and oxygen atoms in total. The summed E-state index contributed by atoms with van der Waals surface area (Å²) in [5.41, 5.74) is 1.40. The summed E-state index contributed by atoms with van der Waals surface area (Å²) in [5.74, 6) is 1.42. The van der Waals surface area contributed by atoms with Crippen LogP contribution in [0.4, 0.5) is 0 Å². The molecule has 7 heteroatoms. The van der Waals surface area contributed by atoms with Gasteiger partial charge >= 0.3 is 0 Å². The molecule has 1 aliphatic rings. The van der Waals surface area contributed by atoms with Crippen molar-refractivity contribution in [2.45, 2.75) is 25.7 Å². The normalized spacial score (nSPS) is 17.8. The zero-order valence-electron chi connectivity index (χ0n) is 15.8. The summed E-state index contributed by atoms with van der Waals surface area (Å²) in [5, 5.41) is 11.2. The number of aliphatic imine (C=N–C) groups is 1. The minimum atomic E-state index is 0. The highest BCUT2D eigenvalue weighted by Gasteiger charge is 2.12. The van der Waals surface area contributed by atoms with Gasteiger partial charge in [-0.3, -0.25) is 4.99 Å². The van der Waals surface area contributed by atoms with E-state index in [2.05, 4.69) is 56.2 Å². The van der Waals surface area contributed by atoms with Gasteiger partial charge in [-0.2, -0.15) is 11.3 Å². The molecule has 1 unspecified atom stereocenters. The average Bonchev–Trinajstić information content (AvgIpc) is 3.13. The fourth-order valence-corrected chi connectivity index (χ4v) is 3.66. The van der Waals surface area contributed by atoms with Crippen molar-refractivity contribution in [2.75, 3.05) is 59.9 Å². The Morgan fingerprint density at radius 3 is 2.64 bits per heavy atom. The van der Waals surface area contributed by atoms with Crippen LogP contribution in [0, 0.1) is 0 Å². The van der Waals surface area contributed by atoms with Crippen LogP contribution in [0.15, 0.2) is 21.8 Å². The highest BCUT2D eigenvalue weighted by molar-refractivity contribution is 14.0. The molecule has 0 saturated carbocycles. The van der Waals surface area contributed by atoms with Crippen LogP contribution in [0.3, 0.4) is 0 Å². The van der Waals surface area contributed by atoms with Gasteiger partial charge in [0.15, 0.2) is 5.96 Å². The Kier molecular flexibility index (Phi) is 11.7. The summed E-state index contributed by atoms with van der Waals surface area (Å²) in [4.78, 5) is 9.30. The van der Waals surface area contributed by atoms with E-state index >= 15 is 0 Å². The third-order valence-electron chi connectivity index (χ3n) is 4.70. The first-order chi connectivity index (χ1) is 11.7. The van der Waals surface area contributed by atoms with Gasteiger partial charge in [0.1, 0.15) is 0 Å². The van der Waals surface area contributed by atoms with Crippen molar-refractivity contribution in [2.24, 2.45) is 4.99 Å². The number of likely N-dealkylation sites (N-methyl/N-ethyl adjacent to an activating group) is 1. The molecule has 1 fully saturated rings. The Bertz CT molecular complexity index is 472. The molecular weight excluding hydrogens is 445 g/mol. The Balaban J connectivity index is 0.00000312. The third kappa shape index (κ3) is 8.70. The highest BCUT2D eigenvalue weighted by atomic mass is 127. The number of hydrogen-bond acceptors (Lipinski definition) is 4. The van der Waals surface area contributed by atoms with E-state index in [1.54, 1.807) is 11.3 Å². The van der Waals surface area contributed by atoms with Crippen LogP contribution in [0.5, 0.6) is 0 Å². The van der Waals surface area contributed by atoms with Crippen LogP contribution in [0.2, 0.25) is 0 Å². The number of nitrogens with one attached hydrogen (secondary N) is 2. The fraction of sp³-hybridized carbons (Fsp3) is 0.722. The maximum Gasteiger partial charge on any atom is 0.190 e. The molecule has 0 aromatic carbocycles. The topological polar surface area (TPSA) is 42.9 Å². The SMILES string of the molecule is CN=C(NCCCCN1CCN(C)CC1)NCC(C)c1ccsc1.I. The molecule has 25 heavy (non-hydrogen) atoms. The van der Waals surface area contributed by atoms with Crippen LogP contribution in [0.25, 0.3) is 0 Å². The Morgan fingerprint density at radius 1 is 1.24 bits per heavy atom. The Hall–Kier alpha value is -0.380. The number of nitrogens with zero attached hydrogens (tertiary/aromatic N) is 3. The van der Waals surface area contributed by atoms with Gasteiger partial charge in [0, 0.05) is 46.3 Å². The number of piperazine rings is 1. The predicted molar refractivity (Wildman–Crippen MR) is 121 cm³/mol. The predicted octanol–water partition coefficient (Wildman–Crippen LogP) is 2.66. The van der Waals surface area contributed by atoms with Gasteiger partial charge in [-0.1, -0.05) is 6.92 Å². The number of guanidine groups is 1. The molecule has 1 aliphatic heterocycles. The lowest BCUT2D eigenvalue weighted by molar-refractivity contribution is 0.152. The number of halogens is 1. The second-order valence-electron chi connectivity index (χ2n) is 6.69. The molecule has 144 valence electrons. The molecular formula is C18H34IN5S. The van der Waals surface area contributed by atoms with Gasteiger partial charge in [-0.05, 0) is 54.7 Å². The van der Waals surface area contributed by atoms with Gasteiger partial charge in [-0.25, -0.2) is 0 Å². The molecule has 0 aliphatic carbocycles. The minimum absolute atomic E-state index is 0. The summed E-state index contributed by atoms with van der Waals surface area (Å²) >= 11 is 1.76. The molecule has 1 aromatic rings. The lowest BCUT2D eigenvalue weighted by Crippen LogP contribution is -2.44. The number of hydrogen-bond donors (Lipinski definition) is 2. The summed E-state index contributed by atoms with van der Waals surface area (Å²) in [6, 6.07) is 2.20. The lowest BCUT2D eigenvalue weighted by Gasteiger charge is -2.32. The Morgan fingerprint density at radius 2 is 2.00 bits per heavy atom. The highest BCUT2D eigenvalue weighted by Crippen LogP contribution is 2.16. The van der Waals surface area contributed by atoms with Crippen LogP contribution in [0.1, 0.15) is 31.2 Å². The standard InChI is InChI=1S/C18H33N5S.HI/c1-16(17-6-13-24-15-17)14-21-18(19-2)20-7-4-5-8-23-11-9-22(3)10-12-23;/h6,13,15-16H,4-5,7-12,14H2,1-3H3,(H2,19,20,21);1H. The molecule has 0 spiro atoms. The van der Waals surface area contributed by atoms with E-state index in [0.29, 0.717) is 5.92 Å². The molecule has 0 radical (unpaired) electrons. The summed E-state index contributed by atoms with van der Waals surface area (Å²) in [6.45, 7) is 10.2. The van der Waals surface area contributed by atoms with E-state index in [0.717, 1.165) is 19.0 Å². The summed E-state index contributed by atoms with van der Waals surface area (Å²) in [6.07, 6.45) is 2.44. The summed E-state index contributed by atoms with van der Waals surface area (Å²) < 4.78 is 0. The zero-order chi connectivity index (χ0) is 17.2. The lowest BCUT2D eigenvalue weighted by atomic mass is 10.1. The van der Waals surface area contributed by atoms with Gasteiger partial charge < -0.3 is 20.4 Å². The van der Waals surface area contributed by atoms with E-state index in [4.69, 9.17) is 0 Å². The van der Waals surface area contributed by atoms with E-state index in [-0.39, 0.29) is 24.0 Å². The van der Waals surface area contributed by atoms with Crippen molar-refractivity contribution in [1.82, 2.24) is 20.4 Å². The molecule has 1 saturated heterocycles. The van der Waals surface area contributed by atoms with Crippen LogP contribution in [-0.4, -0.2) is 75.7 Å². The van der Waals surface area contributed by atoms with Crippen molar-refractivity contribution in [3.8, 4) is 0 Å². The largest absolute Gasteiger partial charge is 0.356 e. The molecule has 1 aromatic heterocycles. The average molecular weight is 479 g/mol. The van der Waals surface area contributed by atoms with Gasteiger partial charge in [0.25, 0.3) is 0 Å². The quantitative estimate of drug-likeness (QED) is 0.261. The second kappa shape index (κ2) is 12.9. The van der Waals surface area contributed by atoms with Crippen molar-refractivity contribution < 1.29 is 0 Å². The molecule has 0 bridgehead atoms. The molecule has 1 atom stereocenters. The monoisotopic (exact) mass is 479 g/mol. The first-order valence-corrected chi connectivity index (χ1v) is 10.0. The number of thiophene rings is 1. The zero-order valence-corrected chi connectivity index (χ0v) is 19.0. The van der Waals surface area contributed by atoms with Crippen molar-refractivity contribution in [3.63, 3.8) is 0 Å². The summed E-state index contributed by atoms with van der Waals surface area (Å²) in [7, 11) is 4.05. The first kappa shape index (κ1) is 22.7. The fourth-order valence-electron chi connectivity index (χ4n) is 2.88. The maximum atomic E-state index is 4.32. The van der Waals surface area contributed by atoms with E-state index in [1.807, 2.05) is 7.05 Å². The van der Waals surface area contributed by atoms with Gasteiger partial charge in [0.05, 0.1) is 0 Å². The Labute approximate surface area is 174 Å². The van der Waals surface area contributed by atoms with E-state index in [1.165, 1.54) is 51.1 Å².